The molecule has 1 unspecified atom stereocenters. The van der Waals surface area contributed by atoms with Crippen molar-refractivity contribution >= 4 is 11.8 Å². The maximum absolute atomic E-state index is 11.7. The summed E-state index contributed by atoms with van der Waals surface area (Å²) in [6.45, 7) is 7.60. The molecule has 4 heteroatoms. The summed E-state index contributed by atoms with van der Waals surface area (Å²) in [5.41, 5.74) is 3.45. The fraction of sp³-hybridized carbons (Fsp3) is 0.429. The summed E-state index contributed by atoms with van der Waals surface area (Å²) in [4.78, 5) is 22.5. The van der Waals surface area contributed by atoms with Gasteiger partial charge in [-0.15, -0.1) is 0 Å². The molecule has 1 aromatic carbocycles. The summed E-state index contributed by atoms with van der Waals surface area (Å²) < 4.78 is 0. The van der Waals surface area contributed by atoms with Gasteiger partial charge in [-0.25, -0.2) is 0 Å². The normalized spacial score (nSPS) is 11.8. The van der Waals surface area contributed by atoms with Crippen molar-refractivity contribution in [2.75, 3.05) is 0 Å². The summed E-state index contributed by atoms with van der Waals surface area (Å²) in [5.74, 6) is -0.380. The van der Waals surface area contributed by atoms with Gasteiger partial charge in [0.05, 0.1) is 0 Å². The first-order valence-corrected chi connectivity index (χ1v) is 6.01. The average Bonchev–Trinajstić information content (AvgIpc) is 2.26. The van der Waals surface area contributed by atoms with E-state index in [0.29, 0.717) is 6.54 Å². The topological polar surface area (TPSA) is 58.2 Å². The Bertz CT molecular complexity index is 455. The molecule has 0 saturated heterocycles. The Kier molecular flexibility index (Phi) is 4.89. The van der Waals surface area contributed by atoms with Gasteiger partial charge in [0.25, 0.3) is 0 Å². The van der Waals surface area contributed by atoms with Crippen LogP contribution in [0.5, 0.6) is 0 Å². The van der Waals surface area contributed by atoms with Crippen LogP contribution in [-0.2, 0) is 16.1 Å². The Morgan fingerprint density at radius 2 is 1.94 bits per heavy atom. The zero-order valence-electron chi connectivity index (χ0n) is 11.3. The molecule has 0 spiro atoms. The van der Waals surface area contributed by atoms with Gasteiger partial charge in [-0.3, -0.25) is 9.59 Å². The molecular weight excluding hydrogens is 228 g/mol. The second-order valence-corrected chi connectivity index (χ2v) is 4.57. The van der Waals surface area contributed by atoms with Crippen LogP contribution in [0.25, 0.3) is 0 Å². The molecule has 0 heterocycles. The van der Waals surface area contributed by atoms with Crippen LogP contribution in [0.2, 0.25) is 0 Å². The van der Waals surface area contributed by atoms with E-state index in [1.807, 2.05) is 26.0 Å². The van der Waals surface area contributed by atoms with Crippen molar-refractivity contribution in [1.29, 1.82) is 0 Å². The van der Waals surface area contributed by atoms with E-state index >= 15 is 0 Å². The van der Waals surface area contributed by atoms with E-state index in [-0.39, 0.29) is 11.8 Å². The Labute approximate surface area is 108 Å². The zero-order chi connectivity index (χ0) is 13.7. The van der Waals surface area contributed by atoms with Gasteiger partial charge >= 0.3 is 0 Å². The van der Waals surface area contributed by atoms with Crippen LogP contribution in [0.15, 0.2) is 18.2 Å². The number of hydrogen-bond acceptors (Lipinski definition) is 2. The van der Waals surface area contributed by atoms with Crippen molar-refractivity contribution < 1.29 is 9.59 Å². The minimum absolute atomic E-state index is 0.176. The summed E-state index contributed by atoms with van der Waals surface area (Å²) >= 11 is 0. The van der Waals surface area contributed by atoms with E-state index in [1.165, 1.54) is 12.5 Å². The van der Waals surface area contributed by atoms with Gasteiger partial charge in [-0.1, -0.05) is 23.8 Å². The number of hydrogen-bond donors (Lipinski definition) is 2. The van der Waals surface area contributed by atoms with Crippen molar-refractivity contribution in [1.82, 2.24) is 10.6 Å². The predicted molar refractivity (Wildman–Crippen MR) is 71.0 cm³/mol. The number of amides is 2. The van der Waals surface area contributed by atoms with Gasteiger partial charge in [0, 0.05) is 13.5 Å². The lowest BCUT2D eigenvalue weighted by Crippen LogP contribution is -2.43. The van der Waals surface area contributed by atoms with Crippen molar-refractivity contribution in [2.45, 2.75) is 40.3 Å². The molecule has 0 fully saturated rings. The second kappa shape index (κ2) is 6.19. The molecule has 18 heavy (non-hydrogen) atoms. The minimum Gasteiger partial charge on any atom is -0.350 e. The zero-order valence-corrected chi connectivity index (χ0v) is 11.3. The van der Waals surface area contributed by atoms with Gasteiger partial charge in [0.15, 0.2) is 0 Å². The largest absolute Gasteiger partial charge is 0.350 e. The summed E-state index contributed by atoms with van der Waals surface area (Å²) in [7, 11) is 0. The van der Waals surface area contributed by atoms with Crippen molar-refractivity contribution in [2.24, 2.45) is 0 Å². The molecule has 0 aliphatic carbocycles. The minimum atomic E-state index is -0.506. The lowest BCUT2D eigenvalue weighted by Gasteiger charge is -2.14. The fourth-order valence-corrected chi connectivity index (χ4v) is 1.75. The smallest absolute Gasteiger partial charge is 0.242 e. The first kappa shape index (κ1) is 14.2. The van der Waals surface area contributed by atoms with Gasteiger partial charge in [-0.05, 0) is 31.9 Å². The molecule has 0 radical (unpaired) electrons. The lowest BCUT2D eigenvalue weighted by molar-refractivity contribution is -0.127. The van der Waals surface area contributed by atoms with Gasteiger partial charge in [-0.2, -0.15) is 0 Å². The molecule has 0 bridgehead atoms. The number of nitrogens with one attached hydrogen (secondary N) is 2. The molecule has 2 amide bonds. The molecule has 1 rings (SSSR count). The number of rotatable bonds is 4. The summed E-state index contributed by atoms with van der Waals surface area (Å²) in [5, 5.41) is 5.36. The molecule has 0 aliphatic rings. The lowest BCUT2D eigenvalue weighted by atomic mass is 10.1. The second-order valence-electron chi connectivity index (χ2n) is 4.57. The Hall–Kier alpha value is -1.84. The van der Waals surface area contributed by atoms with Crippen LogP contribution in [-0.4, -0.2) is 17.9 Å². The maximum Gasteiger partial charge on any atom is 0.242 e. The molecular formula is C14H20N2O2. The quantitative estimate of drug-likeness (QED) is 0.847. The van der Waals surface area contributed by atoms with Gasteiger partial charge in [0.1, 0.15) is 6.04 Å². The SMILES string of the molecule is CC(=O)NC(C)C(=O)NCc1ccc(C)cc1C. The monoisotopic (exact) mass is 248 g/mol. The molecule has 0 aliphatic heterocycles. The predicted octanol–water partition coefficient (Wildman–Crippen LogP) is 1.44. The maximum atomic E-state index is 11.7. The number of benzene rings is 1. The van der Waals surface area contributed by atoms with Crippen LogP contribution in [0.4, 0.5) is 0 Å². The van der Waals surface area contributed by atoms with E-state index in [2.05, 4.69) is 16.7 Å². The molecule has 1 atom stereocenters. The molecule has 0 aromatic heterocycles. The Morgan fingerprint density at radius 3 is 2.50 bits per heavy atom. The number of aryl methyl sites for hydroxylation is 2. The van der Waals surface area contributed by atoms with Crippen LogP contribution in [0, 0.1) is 13.8 Å². The average molecular weight is 248 g/mol. The summed E-state index contributed by atoms with van der Waals surface area (Å²) in [6, 6.07) is 5.60. The standard InChI is InChI=1S/C14H20N2O2/c1-9-5-6-13(10(2)7-9)8-15-14(18)11(3)16-12(4)17/h5-7,11H,8H2,1-4H3,(H,15,18)(H,16,17). The highest BCUT2D eigenvalue weighted by Crippen LogP contribution is 2.10. The Morgan fingerprint density at radius 1 is 1.28 bits per heavy atom. The van der Waals surface area contributed by atoms with Crippen molar-refractivity contribution in [3.63, 3.8) is 0 Å². The van der Waals surface area contributed by atoms with Gasteiger partial charge < -0.3 is 10.6 Å². The molecule has 4 nitrogen and oxygen atoms in total. The first-order chi connectivity index (χ1) is 8.40. The number of carbonyl (C=O) groups excluding carboxylic acids is 2. The van der Waals surface area contributed by atoms with E-state index in [1.54, 1.807) is 6.92 Å². The third-order valence-corrected chi connectivity index (χ3v) is 2.76. The molecule has 2 N–H and O–H groups in total. The molecule has 0 saturated carbocycles. The van der Waals surface area contributed by atoms with Crippen LogP contribution in [0.1, 0.15) is 30.5 Å². The van der Waals surface area contributed by atoms with E-state index in [9.17, 15) is 9.59 Å². The number of carbonyl (C=O) groups is 2. The van der Waals surface area contributed by atoms with E-state index in [0.717, 1.165) is 11.1 Å². The van der Waals surface area contributed by atoms with E-state index in [4.69, 9.17) is 0 Å². The van der Waals surface area contributed by atoms with Crippen molar-refractivity contribution in [3.05, 3.63) is 34.9 Å². The molecule has 1 aromatic rings. The van der Waals surface area contributed by atoms with Crippen LogP contribution in [0.3, 0.4) is 0 Å². The van der Waals surface area contributed by atoms with Gasteiger partial charge in [0.2, 0.25) is 11.8 Å². The first-order valence-electron chi connectivity index (χ1n) is 6.01. The highest BCUT2D eigenvalue weighted by Gasteiger charge is 2.13. The highest BCUT2D eigenvalue weighted by molar-refractivity contribution is 5.86. The fourth-order valence-electron chi connectivity index (χ4n) is 1.75. The van der Waals surface area contributed by atoms with Crippen LogP contribution >= 0.6 is 0 Å². The van der Waals surface area contributed by atoms with E-state index < -0.39 is 6.04 Å². The third-order valence-electron chi connectivity index (χ3n) is 2.76. The van der Waals surface area contributed by atoms with Crippen LogP contribution < -0.4 is 10.6 Å². The summed E-state index contributed by atoms with van der Waals surface area (Å²) in [6.07, 6.45) is 0. The third kappa shape index (κ3) is 4.20. The molecule has 98 valence electrons. The Balaban J connectivity index is 2.54. The van der Waals surface area contributed by atoms with Crippen molar-refractivity contribution in [3.8, 4) is 0 Å². The highest BCUT2D eigenvalue weighted by atomic mass is 16.2.